The molecule has 0 saturated heterocycles. The summed E-state index contributed by atoms with van der Waals surface area (Å²) in [7, 11) is 0. The maximum absolute atomic E-state index is 12.0. The molecule has 1 amide bonds. The molecular weight excluding hydrogens is 290 g/mol. The first kappa shape index (κ1) is 17.1. The minimum Gasteiger partial charge on any atom is -0.344 e. The zero-order chi connectivity index (χ0) is 14.6. The normalized spacial score (nSPS) is 10.8. The van der Waals surface area contributed by atoms with Crippen LogP contribution in [0.3, 0.4) is 0 Å². The van der Waals surface area contributed by atoms with Gasteiger partial charge in [0.05, 0.1) is 12.7 Å². The first-order valence-corrected chi connectivity index (χ1v) is 6.47. The van der Waals surface area contributed by atoms with Crippen molar-refractivity contribution in [1.29, 1.82) is 0 Å². The van der Waals surface area contributed by atoms with Crippen LogP contribution in [0.5, 0.6) is 0 Å². The van der Waals surface area contributed by atoms with Crippen molar-refractivity contribution in [2.24, 2.45) is 5.73 Å². The Hall–Kier alpha value is -1.92. The smallest absolute Gasteiger partial charge is 0.273 e. The lowest BCUT2D eigenvalue weighted by molar-refractivity contribution is 0.0910. The van der Waals surface area contributed by atoms with Crippen LogP contribution in [-0.2, 0) is 6.54 Å². The molecule has 0 bridgehead atoms. The van der Waals surface area contributed by atoms with E-state index in [1.54, 1.807) is 10.9 Å². The predicted octanol–water partition coefficient (Wildman–Crippen LogP) is 1.22. The number of rotatable bonds is 5. The SMILES string of the molecule is CC(C)(CN)NC(=O)c1cn(Cc2ccccc2)nn1.Cl. The molecule has 0 saturated carbocycles. The Morgan fingerprint density at radius 1 is 1.33 bits per heavy atom. The van der Waals surface area contributed by atoms with Gasteiger partial charge in [0.25, 0.3) is 5.91 Å². The Morgan fingerprint density at radius 3 is 2.62 bits per heavy atom. The monoisotopic (exact) mass is 309 g/mol. The number of amides is 1. The summed E-state index contributed by atoms with van der Waals surface area (Å²) in [6.45, 7) is 4.66. The minimum atomic E-state index is -0.458. The number of nitrogens with zero attached hydrogens (tertiary/aromatic N) is 3. The fourth-order valence-electron chi connectivity index (χ4n) is 1.67. The van der Waals surface area contributed by atoms with Crippen molar-refractivity contribution in [3.8, 4) is 0 Å². The van der Waals surface area contributed by atoms with Crippen molar-refractivity contribution >= 4 is 18.3 Å². The zero-order valence-electron chi connectivity index (χ0n) is 12.1. The maximum atomic E-state index is 12.0. The third-order valence-electron chi connectivity index (χ3n) is 2.92. The summed E-state index contributed by atoms with van der Waals surface area (Å²) in [5, 5.41) is 10.7. The van der Waals surface area contributed by atoms with E-state index in [0.29, 0.717) is 18.8 Å². The molecule has 0 radical (unpaired) electrons. The van der Waals surface area contributed by atoms with Crippen LogP contribution in [0.15, 0.2) is 36.5 Å². The van der Waals surface area contributed by atoms with Crippen molar-refractivity contribution in [2.75, 3.05) is 6.54 Å². The molecule has 7 heteroatoms. The molecule has 0 aliphatic rings. The fraction of sp³-hybridized carbons (Fsp3) is 0.357. The van der Waals surface area contributed by atoms with E-state index in [9.17, 15) is 4.79 Å². The maximum Gasteiger partial charge on any atom is 0.273 e. The largest absolute Gasteiger partial charge is 0.344 e. The molecule has 2 rings (SSSR count). The second kappa shape index (κ2) is 7.19. The molecule has 3 N–H and O–H groups in total. The average molecular weight is 310 g/mol. The van der Waals surface area contributed by atoms with E-state index in [-0.39, 0.29) is 18.3 Å². The predicted molar refractivity (Wildman–Crippen MR) is 83.4 cm³/mol. The molecule has 1 heterocycles. The number of halogens is 1. The lowest BCUT2D eigenvalue weighted by Crippen LogP contribution is -2.48. The first-order valence-electron chi connectivity index (χ1n) is 6.47. The van der Waals surface area contributed by atoms with E-state index in [1.807, 2.05) is 44.2 Å². The van der Waals surface area contributed by atoms with Gasteiger partial charge < -0.3 is 11.1 Å². The fourth-order valence-corrected chi connectivity index (χ4v) is 1.67. The molecule has 6 nitrogen and oxygen atoms in total. The van der Waals surface area contributed by atoms with Crippen molar-refractivity contribution in [1.82, 2.24) is 20.3 Å². The molecule has 114 valence electrons. The molecule has 0 spiro atoms. The number of aromatic nitrogens is 3. The summed E-state index contributed by atoms with van der Waals surface area (Å²) in [5.41, 5.74) is 6.52. The Bertz CT molecular complexity index is 582. The third-order valence-corrected chi connectivity index (χ3v) is 2.92. The minimum absolute atomic E-state index is 0. The first-order chi connectivity index (χ1) is 9.50. The number of carbonyl (C=O) groups is 1. The van der Waals surface area contributed by atoms with Gasteiger partial charge in [0.2, 0.25) is 0 Å². The van der Waals surface area contributed by atoms with Crippen molar-refractivity contribution < 1.29 is 4.79 Å². The van der Waals surface area contributed by atoms with Crippen LogP contribution in [0.2, 0.25) is 0 Å². The molecule has 0 aliphatic heterocycles. The van der Waals surface area contributed by atoms with Gasteiger partial charge in [-0.15, -0.1) is 17.5 Å². The van der Waals surface area contributed by atoms with Crippen LogP contribution in [0, 0.1) is 0 Å². The van der Waals surface area contributed by atoms with Gasteiger partial charge in [0.15, 0.2) is 5.69 Å². The average Bonchev–Trinajstić information content (AvgIpc) is 2.88. The molecule has 0 aliphatic carbocycles. The van der Waals surface area contributed by atoms with Crippen LogP contribution in [0.25, 0.3) is 0 Å². The molecule has 0 atom stereocenters. The zero-order valence-corrected chi connectivity index (χ0v) is 12.9. The third kappa shape index (κ3) is 4.84. The van der Waals surface area contributed by atoms with Crippen LogP contribution in [0.4, 0.5) is 0 Å². The van der Waals surface area contributed by atoms with E-state index in [4.69, 9.17) is 5.73 Å². The lowest BCUT2D eigenvalue weighted by atomic mass is 10.1. The Balaban J connectivity index is 0.00000220. The molecule has 1 aromatic carbocycles. The van der Waals surface area contributed by atoms with Gasteiger partial charge in [-0.2, -0.15) is 0 Å². The summed E-state index contributed by atoms with van der Waals surface area (Å²) in [5.74, 6) is -0.264. The number of nitrogens with two attached hydrogens (primary N) is 1. The molecule has 1 aromatic heterocycles. The Morgan fingerprint density at radius 2 is 2.00 bits per heavy atom. The number of hydrogen-bond donors (Lipinski definition) is 2. The van der Waals surface area contributed by atoms with Gasteiger partial charge >= 0.3 is 0 Å². The Kier molecular flexibility index (Phi) is 5.87. The van der Waals surface area contributed by atoms with E-state index in [0.717, 1.165) is 5.56 Å². The second-order valence-electron chi connectivity index (χ2n) is 5.33. The highest BCUT2D eigenvalue weighted by molar-refractivity contribution is 5.92. The number of nitrogens with one attached hydrogen (secondary N) is 1. The molecule has 21 heavy (non-hydrogen) atoms. The summed E-state index contributed by atoms with van der Waals surface area (Å²) < 4.78 is 1.64. The van der Waals surface area contributed by atoms with Crippen LogP contribution in [-0.4, -0.2) is 33.0 Å². The van der Waals surface area contributed by atoms with E-state index in [1.165, 1.54) is 0 Å². The van der Waals surface area contributed by atoms with Gasteiger partial charge in [0.1, 0.15) is 0 Å². The summed E-state index contributed by atoms with van der Waals surface area (Å²) in [4.78, 5) is 12.0. The van der Waals surface area contributed by atoms with E-state index in [2.05, 4.69) is 15.6 Å². The Labute approximate surface area is 130 Å². The van der Waals surface area contributed by atoms with Crippen LogP contribution in [0.1, 0.15) is 29.9 Å². The molecule has 0 unspecified atom stereocenters. The van der Waals surface area contributed by atoms with Crippen LogP contribution < -0.4 is 11.1 Å². The van der Waals surface area contributed by atoms with Crippen molar-refractivity contribution in [3.05, 3.63) is 47.8 Å². The quantitative estimate of drug-likeness (QED) is 0.869. The topological polar surface area (TPSA) is 85.8 Å². The van der Waals surface area contributed by atoms with E-state index < -0.39 is 5.54 Å². The van der Waals surface area contributed by atoms with Gasteiger partial charge in [-0.3, -0.25) is 4.79 Å². The molecule has 2 aromatic rings. The van der Waals surface area contributed by atoms with Gasteiger partial charge in [-0.25, -0.2) is 4.68 Å². The number of benzene rings is 1. The van der Waals surface area contributed by atoms with Gasteiger partial charge in [-0.1, -0.05) is 35.5 Å². The van der Waals surface area contributed by atoms with E-state index >= 15 is 0 Å². The number of hydrogen-bond acceptors (Lipinski definition) is 4. The van der Waals surface area contributed by atoms with Crippen molar-refractivity contribution in [3.63, 3.8) is 0 Å². The van der Waals surface area contributed by atoms with Gasteiger partial charge in [-0.05, 0) is 19.4 Å². The highest BCUT2D eigenvalue weighted by Gasteiger charge is 2.21. The number of carbonyl (C=O) groups excluding carboxylic acids is 1. The molecular formula is C14H20ClN5O. The second-order valence-corrected chi connectivity index (χ2v) is 5.33. The summed E-state index contributed by atoms with van der Waals surface area (Å²) >= 11 is 0. The van der Waals surface area contributed by atoms with Crippen molar-refractivity contribution in [2.45, 2.75) is 25.9 Å². The van der Waals surface area contributed by atoms with Crippen LogP contribution >= 0.6 is 12.4 Å². The standard InChI is InChI=1S/C14H19N5O.ClH/c1-14(2,10-15)16-13(20)12-9-19(18-17-12)8-11-6-4-3-5-7-11;/h3-7,9H,8,10,15H2,1-2H3,(H,16,20);1H. The highest BCUT2D eigenvalue weighted by atomic mass is 35.5. The van der Waals surface area contributed by atoms with Gasteiger partial charge in [0, 0.05) is 12.1 Å². The molecule has 0 fully saturated rings. The lowest BCUT2D eigenvalue weighted by Gasteiger charge is -2.23. The summed E-state index contributed by atoms with van der Waals surface area (Å²) in [6.07, 6.45) is 1.63. The highest BCUT2D eigenvalue weighted by Crippen LogP contribution is 2.04. The summed E-state index contributed by atoms with van der Waals surface area (Å²) in [6, 6.07) is 9.88.